The van der Waals surface area contributed by atoms with E-state index in [4.69, 9.17) is 0 Å². The van der Waals surface area contributed by atoms with Crippen molar-refractivity contribution in [3.05, 3.63) is 49.9 Å². The van der Waals surface area contributed by atoms with Crippen LogP contribution in [-0.4, -0.2) is 4.98 Å². The van der Waals surface area contributed by atoms with Crippen LogP contribution in [0.2, 0.25) is 0 Å². The molecule has 96 valence electrons. The second-order valence-corrected chi connectivity index (χ2v) is 6.60. The Morgan fingerprint density at radius 2 is 1.94 bits per heavy atom. The highest BCUT2D eigenvalue weighted by molar-refractivity contribution is 9.10. The third kappa shape index (κ3) is 3.40. The van der Waals surface area contributed by atoms with Crippen molar-refractivity contribution in [2.45, 2.75) is 33.4 Å². The van der Waals surface area contributed by atoms with Gasteiger partial charge in [-0.25, -0.2) is 4.98 Å². The van der Waals surface area contributed by atoms with E-state index in [1.54, 1.807) is 11.3 Å². The highest BCUT2D eigenvalue weighted by Gasteiger charge is 2.08. The average Bonchev–Trinajstić information content (AvgIpc) is 2.66. The summed E-state index contributed by atoms with van der Waals surface area (Å²) in [5.74, 6) is 0. The molecule has 0 fully saturated rings. The predicted octanol–water partition coefficient (Wildman–Crippen LogP) is 4.37. The second kappa shape index (κ2) is 5.95. The quantitative estimate of drug-likeness (QED) is 0.903. The van der Waals surface area contributed by atoms with Crippen LogP contribution in [0.4, 0.5) is 0 Å². The molecule has 0 spiro atoms. The third-order valence-electron chi connectivity index (χ3n) is 2.94. The summed E-state index contributed by atoms with van der Waals surface area (Å²) in [5, 5.41) is 4.68. The number of benzene rings is 1. The number of rotatable bonds is 4. The van der Waals surface area contributed by atoms with Crippen molar-refractivity contribution >= 4 is 27.3 Å². The van der Waals surface area contributed by atoms with Gasteiger partial charge in [-0.15, -0.1) is 11.3 Å². The summed E-state index contributed by atoms with van der Waals surface area (Å²) >= 11 is 5.23. The summed E-state index contributed by atoms with van der Waals surface area (Å²) < 4.78 is 1.12. The predicted molar refractivity (Wildman–Crippen MR) is 81.0 cm³/mol. The molecule has 0 saturated heterocycles. The third-order valence-corrected chi connectivity index (χ3v) is 4.54. The lowest BCUT2D eigenvalue weighted by Gasteiger charge is -2.13. The molecule has 0 aliphatic heterocycles. The second-order valence-electron chi connectivity index (χ2n) is 4.40. The lowest BCUT2D eigenvalue weighted by Crippen LogP contribution is -2.17. The molecule has 0 amide bonds. The molecule has 1 heterocycles. The summed E-state index contributed by atoms with van der Waals surface area (Å²) in [6.45, 7) is 7.20. The molecule has 2 nitrogen and oxygen atoms in total. The van der Waals surface area contributed by atoms with Gasteiger partial charge in [0, 0.05) is 21.9 Å². The van der Waals surface area contributed by atoms with Gasteiger partial charge in [0.05, 0.1) is 10.7 Å². The fraction of sp³-hybridized carbons (Fsp3) is 0.357. The number of hydrogen-bond donors (Lipinski definition) is 1. The van der Waals surface area contributed by atoms with E-state index in [1.807, 2.05) is 0 Å². The van der Waals surface area contributed by atoms with Crippen LogP contribution in [0.3, 0.4) is 0 Å². The van der Waals surface area contributed by atoms with Crippen LogP contribution in [0.25, 0.3) is 0 Å². The number of halogens is 1. The molecule has 1 atom stereocenters. The molecule has 4 heteroatoms. The van der Waals surface area contributed by atoms with Crippen LogP contribution in [0, 0.1) is 13.8 Å². The summed E-state index contributed by atoms with van der Waals surface area (Å²) in [6.07, 6.45) is 0. The normalized spacial score (nSPS) is 12.7. The minimum atomic E-state index is 0.347. The zero-order valence-electron chi connectivity index (χ0n) is 10.8. The van der Waals surface area contributed by atoms with Crippen LogP contribution in [-0.2, 0) is 6.54 Å². The Hall–Kier alpha value is -0.710. The Labute approximate surface area is 121 Å². The molecule has 1 aromatic carbocycles. The van der Waals surface area contributed by atoms with Crippen LogP contribution in [0.1, 0.15) is 34.1 Å². The van der Waals surface area contributed by atoms with Gasteiger partial charge >= 0.3 is 0 Å². The van der Waals surface area contributed by atoms with E-state index in [0.717, 1.165) is 21.7 Å². The molecule has 0 radical (unpaired) electrons. The first-order chi connectivity index (χ1) is 8.56. The monoisotopic (exact) mass is 324 g/mol. The molecule has 1 aromatic heterocycles. The van der Waals surface area contributed by atoms with Crippen LogP contribution < -0.4 is 5.32 Å². The molecule has 18 heavy (non-hydrogen) atoms. The molecular weight excluding hydrogens is 308 g/mol. The Kier molecular flexibility index (Phi) is 4.54. The van der Waals surface area contributed by atoms with Crippen molar-refractivity contribution in [3.8, 4) is 0 Å². The molecule has 0 saturated carbocycles. The molecule has 2 aromatic rings. The van der Waals surface area contributed by atoms with E-state index in [-0.39, 0.29) is 0 Å². The summed E-state index contributed by atoms with van der Waals surface area (Å²) in [5.41, 5.74) is 2.45. The Morgan fingerprint density at radius 3 is 2.50 bits per heavy atom. The molecule has 2 rings (SSSR count). The van der Waals surface area contributed by atoms with E-state index in [1.165, 1.54) is 10.4 Å². The lowest BCUT2D eigenvalue weighted by atomic mass is 10.1. The topological polar surface area (TPSA) is 24.9 Å². The SMILES string of the molecule is Cc1nc(C)c(CN[C@H](C)c2ccc(Br)cc2)s1. The minimum Gasteiger partial charge on any atom is -0.305 e. The van der Waals surface area contributed by atoms with E-state index >= 15 is 0 Å². The van der Waals surface area contributed by atoms with E-state index < -0.39 is 0 Å². The summed E-state index contributed by atoms with van der Waals surface area (Å²) in [7, 11) is 0. The van der Waals surface area contributed by atoms with Crippen molar-refractivity contribution in [3.63, 3.8) is 0 Å². The number of hydrogen-bond acceptors (Lipinski definition) is 3. The number of aromatic nitrogens is 1. The highest BCUT2D eigenvalue weighted by Crippen LogP contribution is 2.20. The van der Waals surface area contributed by atoms with E-state index in [9.17, 15) is 0 Å². The first-order valence-electron chi connectivity index (χ1n) is 5.98. The van der Waals surface area contributed by atoms with Crippen molar-refractivity contribution < 1.29 is 0 Å². The summed E-state index contributed by atoms with van der Waals surface area (Å²) in [6, 6.07) is 8.80. The zero-order chi connectivity index (χ0) is 13.1. The van der Waals surface area contributed by atoms with Gasteiger partial charge in [0.2, 0.25) is 0 Å². The standard InChI is InChI=1S/C14H17BrN2S/c1-9(12-4-6-13(15)7-5-12)16-8-14-10(2)17-11(3)18-14/h4-7,9,16H,8H2,1-3H3/t9-/m1/s1. The fourth-order valence-corrected chi connectivity index (χ4v) is 3.00. The highest BCUT2D eigenvalue weighted by atomic mass is 79.9. The van der Waals surface area contributed by atoms with E-state index in [0.29, 0.717) is 6.04 Å². The Bertz CT molecular complexity index is 519. The lowest BCUT2D eigenvalue weighted by molar-refractivity contribution is 0.577. The van der Waals surface area contributed by atoms with Crippen molar-refractivity contribution in [1.82, 2.24) is 10.3 Å². The molecule has 0 bridgehead atoms. The van der Waals surface area contributed by atoms with Gasteiger partial charge < -0.3 is 5.32 Å². The average molecular weight is 325 g/mol. The number of aryl methyl sites for hydroxylation is 2. The first-order valence-corrected chi connectivity index (χ1v) is 7.59. The minimum absolute atomic E-state index is 0.347. The van der Waals surface area contributed by atoms with Gasteiger partial charge in [-0.3, -0.25) is 0 Å². The largest absolute Gasteiger partial charge is 0.305 e. The molecule has 0 aliphatic rings. The summed E-state index contributed by atoms with van der Waals surface area (Å²) in [4.78, 5) is 5.78. The van der Waals surface area contributed by atoms with Crippen LogP contribution in [0.5, 0.6) is 0 Å². The maximum atomic E-state index is 4.45. The Morgan fingerprint density at radius 1 is 1.28 bits per heavy atom. The van der Waals surface area contributed by atoms with Gasteiger partial charge in [-0.1, -0.05) is 28.1 Å². The van der Waals surface area contributed by atoms with Gasteiger partial charge in [0.15, 0.2) is 0 Å². The maximum Gasteiger partial charge on any atom is 0.0900 e. The molecule has 0 aliphatic carbocycles. The fourth-order valence-electron chi connectivity index (χ4n) is 1.85. The van der Waals surface area contributed by atoms with Gasteiger partial charge in [0.1, 0.15) is 0 Å². The Balaban J connectivity index is 1.98. The molecular formula is C14H17BrN2S. The van der Waals surface area contributed by atoms with Gasteiger partial charge in [-0.05, 0) is 38.5 Å². The van der Waals surface area contributed by atoms with Crippen LogP contribution >= 0.6 is 27.3 Å². The number of thiazole rings is 1. The molecule has 1 N–H and O–H groups in total. The zero-order valence-corrected chi connectivity index (χ0v) is 13.2. The smallest absolute Gasteiger partial charge is 0.0900 e. The van der Waals surface area contributed by atoms with E-state index in [2.05, 4.69) is 71.3 Å². The maximum absolute atomic E-state index is 4.45. The van der Waals surface area contributed by atoms with Crippen molar-refractivity contribution in [1.29, 1.82) is 0 Å². The van der Waals surface area contributed by atoms with Crippen molar-refractivity contribution in [2.24, 2.45) is 0 Å². The van der Waals surface area contributed by atoms with Crippen molar-refractivity contribution in [2.75, 3.05) is 0 Å². The van der Waals surface area contributed by atoms with Gasteiger partial charge in [0.25, 0.3) is 0 Å². The van der Waals surface area contributed by atoms with Gasteiger partial charge in [-0.2, -0.15) is 0 Å². The first kappa shape index (κ1) is 13.7. The van der Waals surface area contributed by atoms with Crippen LogP contribution in [0.15, 0.2) is 28.7 Å². The number of nitrogens with one attached hydrogen (secondary N) is 1. The number of nitrogens with zero attached hydrogens (tertiary/aromatic N) is 1. The molecule has 0 unspecified atom stereocenters.